The molecule has 0 spiro atoms. The van der Waals surface area contributed by atoms with Gasteiger partial charge in [-0.3, -0.25) is 14.4 Å². The summed E-state index contributed by atoms with van der Waals surface area (Å²) in [5.41, 5.74) is 0.573. The maximum atomic E-state index is 13.6. The van der Waals surface area contributed by atoms with Crippen LogP contribution in [-0.2, 0) is 9.59 Å². The minimum Gasteiger partial charge on any atom is -0.389 e. The van der Waals surface area contributed by atoms with Gasteiger partial charge in [0.1, 0.15) is 11.3 Å². The van der Waals surface area contributed by atoms with Crippen LogP contribution in [0.15, 0.2) is 34.9 Å². The fourth-order valence-electron chi connectivity index (χ4n) is 5.24. The van der Waals surface area contributed by atoms with Crippen LogP contribution < -0.4 is 20.9 Å². The Hall–Kier alpha value is -3.11. The average Bonchev–Trinajstić information content (AvgIpc) is 3.36. The maximum Gasteiger partial charge on any atom is 0.274 e. The maximum absolute atomic E-state index is 13.6. The summed E-state index contributed by atoms with van der Waals surface area (Å²) in [5, 5.41) is 23.7. The molecule has 2 aliphatic rings. The molecule has 1 saturated carbocycles. The van der Waals surface area contributed by atoms with Crippen molar-refractivity contribution in [2.75, 3.05) is 29.2 Å². The van der Waals surface area contributed by atoms with Crippen molar-refractivity contribution in [2.45, 2.75) is 76.0 Å². The number of hydrogen-bond donors (Lipinski definition) is 4. The first kappa shape index (κ1) is 27.9. The van der Waals surface area contributed by atoms with Crippen molar-refractivity contribution < 1.29 is 24.0 Å². The van der Waals surface area contributed by atoms with Gasteiger partial charge in [-0.05, 0) is 44.7 Å². The normalized spacial score (nSPS) is 21.0. The average molecular weight is 546 g/mol. The van der Waals surface area contributed by atoms with Crippen molar-refractivity contribution in [3.63, 3.8) is 0 Å². The van der Waals surface area contributed by atoms with Crippen LogP contribution in [0.4, 0.5) is 11.4 Å². The van der Waals surface area contributed by atoms with Crippen molar-refractivity contribution in [1.29, 1.82) is 0 Å². The molecule has 206 valence electrons. The molecule has 2 unspecified atom stereocenters. The Morgan fingerprint density at radius 3 is 2.66 bits per heavy atom. The Labute approximate surface area is 227 Å². The Kier molecular flexibility index (Phi) is 9.27. The van der Waals surface area contributed by atoms with E-state index >= 15 is 0 Å². The van der Waals surface area contributed by atoms with Gasteiger partial charge in [-0.2, -0.15) is 0 Å². The number of aliphatic hydroxyl groups excluding tert-OH is 1. The van der Waals surface area contributed by atoms with Gasteiger partial charge in [-0.15, -0.1) is 11.6 Å². The van der Waals surface area contributed by atoms with Crippen LogP contribution in [0.3, 0.4) is 0 Å². The molecule has 2 atom stereocenters. The second-order valence-corrected chi connectivity index (χ2v) is 10.5. The number of nitrogens with one attached hydrogen (secondary N) is 3. The number of β-amino-alcohol motifs (C(OH)–C–C–N with tert-alkyl or cyclic N) is 1. The number of para-hydroxylation sites is 2. The Balaban J connectivity index is 1.40. The number of halogens is 1. The van der Waals surface area contributed by atoms with E-state index in [9.17, 15) is 19.5 Å². The highest BCUT2D eigenvalue weighted by atomic mass is 35.5. The number of aryl methyl sites for hydroxylation is 1. The predicted octanol–water partition coefficient (Wildman–Crippen LogP) is 3.13. The van der Waals surface area contributed by atoms with E-state index in [2.05, 4.69) is 21.1 Å². The fraction of sp³-hybridized carbons (Fsp3) is 0.556. The van der Waals surface area contributed by atoms with E-state index < -0.39 is 23.6 Å². The molecule has 1 aromatic heterocycles. The summed E-state index contributed by atoms with van der Waals surface area (Å²) in [6.07, 6.45) is 4.29. The summed E-state index contributed by atoms with van der Waals surface area (Å²) >= 11 is 5.71. The van der Waals surface area contributed by atoms with Crippen LogP contribution in [0.2, 0.25) is 0 Å². The quantitative estimate of drug-likeness (QED) is 0.355. The molecule has 1 saturated heterocycles. The lowest BCUT2D eigenvalue weighted by Gasteiger charge is -2.41. The van der Waals surface area contributed by atoms with Gasteiger partial charge in [0.2, 0.25) is 11.8 Å². The largest absolute Gasteiger partial charge is 0.389 e. The molecule has 38 heavy (non-hydrogen) atoms. The number of aliphatic hydroxyl groups is 1. The van der Waals surface area contributed by atoms with E-state index in [1.807, 2.05) is 29.2 Å². The number of carbonyl (C=O) groups is 3. The van der Waals surface area contributed by atoms with Gasteiger partial charge in [-0.25, -0.2) is 0 Å². The molecular weight excluding hydrogens is 510 g/mol. The standard InChI is InChI=1S/C27H36ClN5O5/c1-18-16-21(32-38-18)25(36)31-27(12-5-2-6-13-27)26(37)30-20-11-15-33(17-23(20)34)22-9-4-3-8-19(22)29-24(35)10-7-14-28/h3-4,8-9,16,20,23,34H,2,5-7,10-15,17H2,1H3,(H,29,35)(H,30,37)(H,31,36). The molecule has 4 rings (SSSR count). The van der Waals surface area contributed by atoms with E-state index in [4.69, 9.17) is 16.1 Å². The molecule has 3 amide bonds. The zero-order chi connectivity index (χ0) is 27.1. The first-order valence-corrected chi connectivity index (χ1v) is 13.8. The van der Waals surface area contributed by atoms with Gasteiger partial charge in [0, 0.05) is 31.5 Å². The zero-order valence-electron chi connectivity index (χ0n) is 21.7. The summed E-state index contributed by atoms with van der Waals surface area (Å²) < 4.78 is 5.02. The van der Waals surface area contributed by atoms with Gasteiger partial charge in [-0.1, -0.05) is 36.6 Å². The molecule has 10 nitrogen and oxygen atoms in total. The minimum atomic E-state index is -1.06. The second-order valence-electron chi connectivity index (χ2n) is 10.2. The van der Waals surface area contributed by atoms with Crippen LogP contribution in [-0.4, -0.2) is 64.6 Å². The molecule has 4 N–H and O–H groups in total. The van der Waals surface area contributed by atoms with Crippen molar-refractivity contribution in [3.8, 4) is 0 Å². The van der Waals surface area contributed by atoms with Gasteiger partial charge in [0.15, 0.2) is 5.69 Å². The third kappa shape index (κ3) is 6.66. The van der Waals surface area contributed by atoms with Crippen LogP contribution in [0.1, 0.15) is 67.6 Å². The van der Waals surface area contributed by atoms with Gasteiger partial charge < -0.3 is 30.5 Å². The first-order valence-electron chi connectivity index (χ1n) is 13.3. The molecule has 0 bridgehead atoms. The van der Waals surface area contributed by atoms with E-state index in [-0.39, 0.29) is 24.1 Å². The molecule has 2 fully saturated rings. The zero-order valence-corrected chi connectivity index (χ0v) is 22.4. The van der Waals surface area contributed by atoms with Crippen LogP contribution in [0.5, 0.6) is 0 Å². The number of alkyl halides is 1. The topological polar surface area (TPSA) is 137 Å². The summed E-state index contributed by atoms with van der Waals surface area (Å²) in [5.74, 6) is 0.102. The van der Waals surface area contributed by atoms with E-state index in [1.54, 1.807) is 13.0 Å². The van der Waals surface area contributed by atoms with E-state index in [0.29, 0.717) is 56.0 Å². The second kappa shape index (κ2) is 12.6. The number of amides is 3. The highest BCUT2D eigenvalue weighted by Gasteiger charge is 2.43. The van der Waals surface area contributed by atoms with Crippen molar-refractivity contribution >= 4 is 40.7 Å². The summed E-state index contributed by atoms with van der Waals surface area (Å²) in [4.78, 5) is 40.7. The monoisotopic (exact) mass is 545 g/mol. The van der Waals surface area contributed by atoms with E-state index in [1.165, 1.54) is 0 Å². The van der Waals surface area contributed by atoms with Crippen molar-refractivity contribution in [2.24, 2.45) is 0 Å². The smallest absolute Gasteiger partial charge is 0.274 e. The van der Waals surface area contributed by atoms with Crippen LogP contribution in [0.25, 0.3) is 0 Å². The highest BCUT2D eigenvalue weighted by molar-refractivity contribution is 6.18. The highest BCUT2D eigenvalue weighted by Crippen LogP contribution is 2.31. The first-order chi connectivity index (χ1) is 18.3. The van der Waals surface area contributed by atoms with E-state index in [0.717, 1.165) is 24.9 Å². The third-order valence-corrected chi connectivity index (χ3v) is 7.58. The lowest BCUT2D eigenvalue weighted by Crippen LogP contribution is -2.64. The minimum absolute atomic E-state index is 0.110. The molecule has 0 radical (unpaired) electrons. The molecule has 1 aromatic carbocycles. The summed E-state index contributed by atoms with van der Waals surface area (Å²) in [6.45, 7) is 2.57. The number of aromatic nitrogens is 1. The molecule has 2 heterocycles. The Morgan fingerprint density at radius 2 is 1.97 bits per heavy atom. The van der Waals surface area contributed by atoms with Crippen LogP contribution in [0, 0.1) is 6.92 Å². The number of piperidine rings is 1. The van der Waals surface area contributed by atoms with Crippen molar-refractivity contribution in [1.82, 2.24) is 15.8 Å². The van der Waals surface area contributed by atoms with Crippen LogP contribution >= 0.6 is 11.6 Å². The predicted molar refractivity (Wildman–Crippen MR) is 144 cm³/mol. The SMILES string of the molecule is Cc1cc(C(=O)NC2(C(=O)NC3CCN(c4ccccc4NC(=O)CCCCl)CC3O)CCCCC2)no1. The number of nitrogens with zero attached hydrogens (tertiary/aromatic N) is 2. The summed E-state index contributed by atoms with van der Waals surface area (Å²) in [6, 6.07) is 8.55. The van der Waals surface area contributed by atoms with Gasteiger partial charge >= 0.3 is 0 Å². The summed E-state index contributed by atoms with van der Waals surface area (Å²) in [7, 11) is 0. The third-order valence-electron chi connectivity index (χ3n) is 7.31. The number of hydrogen-bond acceptors (Lipinski definition) is 7. The van der Waals surface area contributed by atoms with Gasteiger partial charge in [0.05, 0.1) is 23.5 Å². The van der Waals surface area contributed by atoms with Gasteiger partial charge in [0.25, 0.3) is 5.91 Å². The number of benzene rings is 1. The Bertz CT molecular complexity index is 1130. The fourth-order valence-corrected chi connectivity index (χ4v) is 5.37. The molecule has 1 aliphatic heterocycles. The number of anilines is 2. The Morgan fingerprint density at radius 1 is 1.21 bits per heavy atom. The lowest BCUT2D eigenvalue weighted by atomic mass is 9.80. The number of carbonyl (C=O) groups excluding carboxylic acids is 3. The van der Waals surface area contributed by atoms with Crippen molar-refractivity contribution in [3.05, 3.63) is 41.8 Å². The molecule has 2 aromatic rings. The lowest BCUT2D eigenvalue weighted by molar-refractivity contribution is -0.130. The molecule has 11 heteroatoms. The number of rotatable bonds is 9. The molecular formula is C27H36ClN5O5. The molecule has 1 aliphatic carbocycles.